The van der Waals surface area contributed by atoms with E-state index in [2.05, 4.69) is 16.4 Å². The van der Waals surface area contributed by atoms with Gasteiger partial charge < -0.3 is 9.88 Å². The number of nitrogens with one attached hydrogen (secondary N) is 1. The molecule has 1 heterocycles. The molecule has 0 atom stereocenters. The topological polar surface area (TPSA) is 64.0 Å². The molecule has 3 aromatic carbocycles. The molecule has 0 radical (unpaired) electrons. The second-order valence-corrected chi connectivity index (χ2v) is 7.41. The predicted octanol–water partition coefficient (Wildman–Crippen LogP) is 4.95. The Kier molecular flexibility index (Phi) is 5.19. The summed E-state index contributed by atoms with van der Waals surface area (Å²) in [5.41, 5.74) is 6.00. The van der Waals surface area contributed by atoms with Crippen molar-refractivity contribution < 1.29 is 4.79 Å². The summed E-state index contributed by atoms with van der Waals surface area (Å²) >= 11 is 0. The van der Waals surface area contributed by atoms with E-state index in [9.17, 15) is 9.59 Å². The Hall–Kier alpha value is -3.73. The molecule has 0 fully saturated rings. The molecule has 1 amide bonds. The molecule has 5 heteroatoms. The smallest absolute Gasteiger partial charge is 0.277 e. The fraction of sp³-hybridized carbons (Fsp3) is 0.160. The fourth-order valence-electron chi connectivity index (χ4n) is 3.72. The van der Waals surface area contributed by atoms with Gasteiger partial charge in [0, 0.05) is 23.4 Å². The first-order chi connectivity index (χ1) is 14.5. The summed E-state index contributed by atoms with van der Waals surface area (Å²) in [5, 5.41) is 2.93. The summed E-state index contributed by atoms with van der Waals surface area (Å²) in [6.07, 6.45) is 0. The molecule has 1 N–H and O–H groups in total. The highest BCUT2D eigenvalue weighted by Gasteiger charge is 2.13. The van der Waals surface area contributed by atoms with E-state index in [4.69, 9.17) is 0 Å². The van der Waals surface area contributed by atoms with E-state index < -0.39 is 0 Å². The van der Waals surface area contributed by atoms with Crippen molar-refractivity contribution in [2.24, 2.45) is 0 Å². The minimum atomic E-state index is -0.191. The van der Waals surface area contributed by atoms with Crippen molar-refractivity contribution in [1.29, 1.82) is 0 Å². The van der Waals surface area contributed by atoms with E-state index in [-0.39, 0.29) is 11.5 Å². The number of amides is 1. The molecule has 0 aliphatic heterocycles. The molecule has 1 aromatic heterocycles. The standard InChI is InChI=1S/C25H23N3O2/c1-4-28-22-8-6-5-7-21(22)27-23(25(28)30)18-9-11-19(12-10-18)24(29)26-20-14-16(2)13-17(3)15-20/h5-15H,4H2,1-3H3,(H,26,29). The van der Waals surface area contributed by atoms with Crippen LogP contribution in [0.4, 0.5) is 5.69 Å². The molecule has 30 heavy (non-hydrogen) atoms. The lowest BCUT2D eigenvalue weighted by Gasteiger charge is -2.11. The van der Waals surface area contributed by atoms with E-state index in [0.717, 1.165) is 27.8 Å². The first-order valence-electron chi connectivity index (χ1n) is 9.96. The number of aryl methyl sites for hydroxylation is 3. The van der Waals surface area contributed by atoms with Gasteiger partial charge in [0.15, 0.2) is 0 Å². The minimum Gasteiger partial charge on any atom is -0.322 e. The van der Waals surface area contributed by atoms with Crippen LogP contribution in [0.3, 0.4) is 0 Å². The van der Waals surface area contributed by atoms with Crippen molar-refractivity contribution in [3.8, 4) is 11.3 Å². The number of fused-ring (bicyclic) bond motifs is 1. The van der Waals surface area contributed by atoms with Crippen molar-refractivity contribution in [1.82, 2.24) is 9.55 Å². The lowest BCUT2D eigenvalue weighted by Crippen LogP contribution is -2.23. The Morgan fingerprint density at radius 3 is 2.30 bits per heavy atom. The number of benzene rings is 3. The van der Waals surface area contributed by atoms with Gasteiger partial charge in [-0.2, -0.15) is 0 Å². The monoisotopic (exact) mass is 397 g/mol. The molecular weight excluding hydrogens is 374 g/mol. The normalized spacial score (nSPS) is 10.9. The number of hydrogen-bond donors (Lipinski definition) is 1. The van der Waals surface area contributed by atoms with Crippen LogP contribution in [0.1, 0.15) is 28.4 Å². The molecule has 150 valence electrons. The van der Waals surface area contributed by atoms with E-state index in [1.807, 2.05) is 57.2 Å². The summed E-state index contributed by atoms with van der Waals surface area (Å²) in [6, 6.07) is 20.5. The van der Waals surface area contributed by atoms with Crippen molar-refractivity contribution in [3.63, 3.8) is 0 Å². The molecule has 0 aliphatic carbocycles. The minimum absolute atomic E-state index is 0.136. The predicted molar refractivity (Wildman–Crippen MR) is 121 cm³/mol. The summed E-state index contributed by atoms with van der Waals surface area (Å²) in [7, 11) is 0. The van der Waals surface area contributed by atoms with Gasteiger partial charge >= 0.3 is 0 Å². The molecular formula is C25H23N3O2. The van der Waals surface area contributed by atoms with Crippen molar-refractivity contribution in [2.75, 3.05) is 5.32 Å². The molecule has 0 saturated heterocycles. The maximum absolute atomic E-state index is 13.0. The molecule has 0 spiro atoms. The van der Waals surface area contributed by atoms with Gasteiger partial charge in [-0.25, -0.2) is 4.98 Å². The third-order valence-electron chi connectivity index (χ3n) is 5.07. The Morgan fingerprint density at radius 1 is 0.967 bits per heavy atom. The lowest BCUT2D eigenvalue weighted by molar-refractivity contribution is 0.102. The number of aromatic nitrogens is 2. The highest BCUT2D eigenvalue weighted by atomic mass is 16.1. The van der Waals surface area contributed by atoms with Crippen LogP contribution in [-0.2, 0) is 6.54 Å². The third-order valence-corrected chi connectivity index (χ3v) is 5.07. The summed E-state index contributed by atoms with van der Waals surface area (Å²) in [4.78, 5) is 30.2. The second kappa shape index (κ2) is 7.95. The Morgan fingerprint density at radius 2 is 1.63 bits per heavy atom. The molecule has 4 aromatic rings. The quantitative estimate of drug-likeness (QED) is 0.530. The number of carbonyl (C=O) groups is 1. The van der Waals surface area contributed by atoms with Crippen molar-refractivity contribution in [3.05, 3.63) is 93.8 Å². The van der Waals surface area contributed by atoms with Gasteiger partial charge in [-0.1, -0.05) is 30.3 Å². The van der Waals surface area contributed by atoms with E-state index in [1.54, 1.807) is 28.8 Å². The lowest BCUT2D eigenvalue weighted by atomic mass is 10.1. The number of anilines is 1. The van der Waals surface area contributed by atoms with Crippen LogP contribution in [0.15, 0.2) is 71.5 Å². The van der Waals surface area contributed by atoms with Gasteiger partial charge in [-0.15, -0.1) is 0 Å². The van der Waals surface area contributed by atoms with E-state index >= 15 is 0 Å². The summed E-state index contributed by atoms with van der Waals surface area (Å²) in [6.45, 7) is 6.50. The van der Waals surface area contributed by atoms with Crippen LogP contribution < -0.4 is 10.9 Å². The molecule has 4 rings (SSSR count). The molecule has 0 saturated carbocycles. The zero-order chi connectivity index (χ0) is 21.3. The molecule has 0 unspecified atom stereocenters. The van der Waals surface area contributed by atoms with Crippen LogP contribution in [0.25, 0.3) is 22.3 Å². The molecule has 0 bridgehead atoms. The first-order valence-corrected chi connectivity index (χ1v) is 9.96. The van der Waals surface area contributed by atoms with Gasteiger partial charge in [0.1, 0.15) is 5.69 Å². The molecule has 5 nitrogen and oxygen atoms in total. The summed E-state index contributed by atoms with van der Waals surface area (Å²) in [5.74, 6) is -0.191. The highest BCUT2D eigenvalue weighted by Crippen LogP contribution is 2.20. The number of nitrogens with zero attached hydrogens (tertiary/aromatic N) is 2. The van der Waals surface area contributed by atoms with Crippen molar-refractivity contribution in [2.45, 2.75) is 27.3 Å². The van der Waals surface area contributed by atoms with Gasteiger partial charge in [0.25, 0.3) is 11.5 Å². The maximum atomic E-state index is 13.0. The largest absolute Gasteiger partial charge is 0.322 e. The van der Waals surface area contributed by atoms with Crippen LogP contribution >= 0.6 is 0 Å². The van der Waals surface area contributed by atoms with Gasteiger partial charge in [-0.3, -0.25) is 9.59 Å². The fourth-order valence-corrected chi connectivity index (χ4v) is 3.72. The average molecular weight is 397 g/mol. The van der Waals surface area contributed by atoms with E-state index in [0.29, 0.717) is 23.4 Å². The SMILES string of the molecule is CCn1c(=O)c(-c2ccc(C(=O)Nc3cc(C)cc(C)c3)cc2)nc2ccccc21. The molecule has 0 aliphatic rings. The number of hydrogen-bond acceptors (Lipinski definition) is 3. The number of para-hydroxylation sites is 2. The Bertz CT molecular complexity index is 1280. The Labute approximate surface area is 175 Å². The number of rotatable bonds is 4. The second-order valence-electron chi connectivity index (χ2n) is 7.41. The Balaban J connectivity index is 1.66. The first kappa shape index (κ1) is 19.6. The number of carbonyl (C=O) groups excluding carboxylic acids is 1. The van der Waals surface area contributed by atoms with Gasteiger partial charge in [-0.05, 0) is 68.3 Å². The van der Waals surface area contributed by atoms with Crippen LogP contribution in [-0.4, -0.2) is 15.5 Å². The van der Waals surface area contributed by atoms with E-state index in [1.165, 1.54) is 0 Å². The van der Waals surface area contributed by atoms with Crippen LogP contribution in [0, 0.1) is 13.8 Å². The zero-order valence-electron chi connectivity index (χ0n) is 17.3. The van der Waals surface area contributed by atoms with Crippen molar-refractivity contribution >= 4 is 22.6 Å². The maximum Gasteiger partial charge on any atom is 0.277 e. The average Bonchev–Trinajstić information content (AvgIpc) is 2.73. The van der Waals surface area contributed by atoms with Gasteiger partial charge in [0.05, 0.1) is 11.0 Å². The third kappa shape index (κ3) is 3.74. The summed E-state index contributed by atoms with van der Waals surface area (Å²) < 4.78 is 1.72. The zero-order valence-corrected chi connectivity index (χ0v) is 17.3. The van der Waals surface area contributed by atoms with Gasteiger partial charge in [0.2, 0.25) is 0 Å². The van der Waals surface area contributed by atoms with Crippen LogP contribution in [0.2, 0.25) is 0 Å². The highest BCUT2D eigenvalue weighted by molar-refractivity contribution is 6.04. The van der Waals surface area contributed by atoms with Crippen LogP contribution in [0.5, 0.6) is 0 Å².